The van der Waals surface area contributed by atoms with Crippen molar-refractivity contribution in [1.29, 1.82) is 0 Å². The molecule has 0 spiro atoms. The zero-order chi connectivity index (χ0) is 17.9. The van der Waals surface area contributed by atoms with Crippen molar-refractivity contribution in [3.63, 3.8) is 0 Å². The molecule has 5 nitrogen and oxygen atoms in total. The molecule has 25 heavy (non-hydrogen) atoms. The number of benzene rings is 1. The number of piperidine rings is 1. The predicted molar refractivity (Wildman–Crippen MR) is 87.5 cm³/mol. The standard InChI is InChI=1S/C16H17F3N2O3S/c17-16(18,19)14(22)24-21-8-5-12(6-9-21)11-1-3-13(4-2-11)23-15-20-7-10-25-15/h1-4,12H,5-10H2. The fourth-order valence-electron chi connectivity index (χ4n) is 2.74. The molecule has 0 saturated carbocycles. The molecule has 0 aliphatic carbocycles. The smallest absolute Gasteiger partial charge is 0.434 e. The Morgan fingerprint density at radius 3 is 2.44 bits per heavy atom. The van der Waals surface area contributed by atoms with Crippen LogP contribution in [-0.2, 0) is 9.63 Å². The molecule has 0 aromatic heterocycles. The second-order valence-corrected chi connectivity index (χ2v) is 6.79. The second kappa shape index (κ2) is 7.65. The zero-order valence-electron chi connectivity index (χ0n) is 13.3. The van der Waals surface area contributed by atoms with Gasteiger partial charge in [-0.25, -0.2) is 9.79 Å². The minimum Gasteiger partial charge on any atom is -0.434 e. The lowest BCUT2D eigenvalue weighted by Crippen LogP contribution is -2.39. The van der Waals surface area contributed by atoms with Gasteiger partial charge < -0.3 is 9.57 Å². The van der Waals surface area contributed by atoms with E-state index in [9.17, 15) is 18.0 Å². The van der Waals surface area contributed by atoms with Crippen molar-refractivity contribution in [3.8, 4) is 5.75 Å². The van der Waals surface area contributed by atoms with Crippen molar-refractivity contribution in [2.45, 2.75) is 24.9 Å². The van der Waals surface area contributed by atoms with Gasteiger partial charge in [0, 0.05) is 18.8 Å². The van der Waals surface area contributed by atoms with E-state index in [1.807, 2.05) is 24.3 Å². The molecule has 1 fully saturated rings. The Labute approximate surface area is 147 Å². The monoisotopic (exact) mass is 374 g/mol. The number of hydrogen-bond acceptors (Lipinski definition) is 6. The molecular formula is C16H17F3N2O3S. The Balaban J connectivity index is 1.50. The molecule has 3 rings (SSSR count). The van der Waals surface area contributed by atoms with E-state index in [0.29, 0.717) is 23.8 Å². The summed E-state index contributed by atoms with van der Waals surface area (Å²) in [5, 5.41) is 1.76. The zero-order valence-corrected chi connectivity index (χ0v) is 14.1. The fraction of sp³-hybridized carbons (Fsp3) is 0.500. The number of nitrogens with zero attached hydrogens (tertiary/aromatic N) is 2. The number of alkyl halides is 3. The maximum Gasteiger partial charge on any atom is 0.492 e. The highest BCUT2D eigenvalue weighted by molar-refractivity contribution is 8.13. The molecule has 1 aromatic rings. The van der Waals surface area contributed by atoms with E-state index in [1.165, 1.54) is 0 Å². The Morgan fingerprint density at radius 2 is 1.88 bits per heavy atom. The highest BCUT2D eigenvalue weighted by atomic mass is 32.2. The lowest BCUT2D eigenvalue weighted by atomic mass is 9.90. The third kappa shape index (κ3) is 4.88. The Hall–Kier alpha value is -1.74. The topological polar surface area (TPSA) is 51.1 Å². The van der Waals surface area contributed by atoms with E-state index in [-0.39, 0.29) is 19.0 Å². The maximum absolute atomic E-state index is 12.2. The number of hydroxylamine groups is 2. The van der Waals surface area contributed by atoms with Crippen LogP contribution in [-0.4, -0.2) is 47.8 Å². The quantitative estimate of drug-likeness (QED) is 0.812. The summed E-state index contributed by atoms with van der Waals surface area (Å²) in [5.74, 6) is -0.299. The van der Waals surface area contributed by atoms with Crippen LogP contribution >= 0.6 is 11.8 Å². The van der Waals surface area contributed by atoms with Gasteiger partial charge in [0.2, 0.25) is 0 Å². The molecule has 136 valence electrons. The predicted octanol–water partition coefficient (Wildman–Crippen LogP) is 3.37. The second-order valence-electron chi connectivity index (χ2n) is 5.75. The minimum atomic E-state index is -4.96. The molecule has 2 aliphatic rings. The molecule has 2 heterocycles. The van der Waals surface area contributed by atoms with Gasteiger partial charge in [-0.2, -0.15) is 13.2 Å². The fourth-order valence-corrected chi connectivity index (χ4v) is 3.43. The number of ether oxygens (including phenoxy) is 1. The third-order valence-electron chi connectivity index (χ3n) is 4.01. The van der Waals surface area contributed by atoms with E-state index < -0.39 is 12.1 Å². The van der Waals surface area contributed by atoms with Crippen LogP contribution in [0.5, 0.6) is 5.75 Å². The van der Waals surface area contributed by atoms with E-state index in [4.69, 9.17) is 4.74 Å². The Kier molecular flexibility index (Phi) is 5.53. The van der Waals surface area contributed by atoms with E-state index in [0.717, 1.165) is 22.9 Å². The van der Waals surface area contributed by atoms with Crippen LogP contribution in [0.25, 0.3) is 0 Å². The van der Waals surface area contributed by atoms with Crippen LogP contribution in [0.4, 0.5) is 13.2 Å². The molecule has 0 bridgehead atoms. The minimum absolute atomic E-state index is 0.216. The molecule has 2 aliphatic heterocycles. The Morgan fingerprint density at radius 1 is 1.20 bits per heavy atom. The number of thioether (sulfide) groups is 1. The molecule has 0 N–H and O–H groups in total. The van der Waals surface area contributed by atoms with Crippen LogP contribution in [0.2, 0.25) is 0 Å². The largest absolute Gasteiger partial charge is 0.492 e. The molecule has 0 unspecified atom stereocenters. The van der Waals surface area contributed by atoms with Crippen molar-refractivity contribution >= 4 is 23.0 Å². The molecule has 1 saturated heterocycles. The van der Waals surface area contributed by atoms with Gasteiger partial charge in [0.1, 0.15) is 5.75 Å². The van der Waals surface area contributed by atoms with Crippen LogP contribution in [0.15, 0.2) is 29.3 Å². The first kappa shape index (κ1) is 18.1. The normalized spacial score (nSPS) is 19.6. The molecule has 9 heteroatoms. The average Bonchev–Trinajstić information content (AvgIpc) is 3.08. The van der Waals surface area contributed by atoms with Crippen LogP contribution < -0.4 is 4.74 Å². The lowest BCUT2D eigenvalue weighted by Gasteiger charge is -2.30. The number of hydrogen-bond donors (Lipinski definition) is 0. The van der Waals surface area contributed by atoms with Gasteiger partial charge in [0.25, 0.3) is 5.23 Å². The highest BCUT2D eigenvalue weighted by Gasteiger charge is 2.43. The van der Waals surface area contributed by atoms with Crippen LogP contribution in [0, 0.1) is 0 Å². The first-order chi connectivity index (χ1) is 11.9. The summed E-state index contributed by atoms with van der Waals surface area (Å²) in [6, 6.07) is 7.65. The number of halogens is 3. The van der Waals surface area contributed by atoms with Gasteiger partial charge >= 0.3 is 12.1 Å². The summed E-state index contributed by atoms with van der Waals surface area (Å²) in [7, 11) is 0. The van der Waals surface area contributed by atoms with Crippen molar-refractivity contribution < 1.29 is 27.5 Å². The van der Waals surface area contributed by atoms with E-state index in [2.05, 4.69) is 9.83 Å². The van der Waals surface area contributed by atoms with Gasteiger partial charge in [-0.05, 0) is 36.5 Å². The van der Waals surface area contributed by atoms with E-state index in [1.54, 1.807) is 11.8 Å². The molecule has 1 aromatic carbocycles. The SMILES string of the molecule is O=C(ON1CCC(c2ccc(OC3=NCCS3)cc2)CC1)C(F)(F)F. The third-order valence-corrected chi connectivity index (χ3v) is 4.86. The Bertz CT molecular complexity index is 641. The summed E-state index contributed by atoms with van der Waals surface area (Å²) < 4.78 is 42.3. The molecule has 0 atom stereocenters. The lowest BCUT2D eigenvalue weighted by molar-refractivity contribution is -0.241. The van der Waals surface area contributed by atoms with Crippen LogP contribution in [0.1, 0.15) is 24.3 Å². The average molecular weight is 374 g/mol. The molecule has 0 amide bonds. The summed E-state index contributed by atoms with van der Waals surface area (Å²) in [6.45, 7) is 1.33. The van der Waals surface area contributed by atoms with Crippen molar-refractivity contribution in [2.24, 2.45) is 4.99 Å². The van der Waals surface area contributed by atoms with Crippen LogP contribution in [0.3, 0.4) is 0 Å². The maximum atomic E-state index is 12.2. The van der Waals surface area contributed by atoms with Gasteiger partial charge in [-0.1, -0.05) is 23.9 Å². The van der Waals surface area contributed by atoms with Crippen molar-refractivity contribution in [3.05, 3.63) is 29.8 Å². The van der Waals surface area contributed by atoms with Gasteiger partial charge in [0.05, 0.1) is 6.54 Å². The summed E-state index contributed by atoms with van der Waals surface area (Å²) in [4.78, 5) is 19.4. The number of carbonyl (C=O) groups excluding carboxylic acids is 1. The molecular weight excluding hydrogens is 357 g/mol. The number of aliphatic imine (C=N–C) groups is 1. The van der Waals surface area contributed by atoms with Gasteiger partial charge in [-0.15, -0.1) is 5.06 Å². The summed E-state index contributed by atoms with van der Waals surface area (Å²) in [6.07, 6.45) is -3.73. The highest BCUT2D eigenvalue weighted by Crippen LogP contribution is 2.30. The summed E-state index contributed by atoms with van der Waals surface area (Å²) in [5.41, 5.74) is 1.09. The van der Waals surface area contributed by atoms with Gasteiger partial charge in [0.15, 0.2) is 0 Å². The number of rotatable bonds is 3. The van der Waals surface area contributed by atoms with Crippen molar-refractivity contribution in [2.75, 3.05) is 25.4 Å². The summed E-state index contributed by atoms with van der Waals surface area (Å²) >= 11 is 1.58. The van der Waals surface area contributed by atoms with Gasteiger partial charge in [-0.3, -0.25) is 0 Å². The molecule has 0 radical (unpaired) electrons. The van der Waals surface area contributed by atoms with Crippen molar-refractivity contribution in [1.82, 2.24) is 5.06 Å². The first-order valence-corrected chi connectivity index (χ1v) is 8.89. The number of carbonyl (C=O) groups is 1. The van der Waals surface area contributed by atoms with E-state index >= 15 is 0 Å². The first-order valence-electron chi connectivity index (χ1n) is 7.91.